The third-order valence-corrected chi connectivity index (χ3v) is 6.06. The topological polar surface area (TPSA) is 142 Å². The first kappa shape index (κ1) is 18.7. The Labute approximate surface area is 152 Å². The summed E-state index contributed by atoms with van der Waals surface area (Å²) < 4.78 is 0.631. The van der Waals surface area contributed by atoms with E-state index < -0.39 is 18.0 Å². The highest BCUT2D eigenvalue weighted by atomic mass is 16.4. The zero-order chi connectivity index (χ0) is 19.4. The number of aliphatic imine (C=N–C) groups is 1. The molecule has 9 nitrogen and oxygen atoms in total. The van der Waals surface area contributed by atoms with Crippen LogP contribution in [0.4, 0.5) is 0 Å². The van der Waals surface area contributed by atoms with Crippen molar-refractivity contribution in [2.45, 2.75) is 38.5 Å². The summed E-state index contributed by atoms with van der Waals surface area (Å²) in [5, 5.41) is 19.6. The number of likely N-dealkylation sites (tertiary alicyclic amines) is 1. The van der Waals surface area contributed by atoms with Crippen molar-refractivity contribution in [3.05, 3.63) is 11.3 Å². The van der Waals surface area contributed by atoms with E-state index in [0.29, 0.717) is 11.0 Å². The van der Waals surface area contributed by atoms with E-state index in [1.165, 1.54) is 4.90 Å². The van der Waals surface area contributed by atoms with E-state index in [9.17, 15) is 19.8 Å². The fraction of sp³-hybridized carbons (Fsp3) is 0.706. The Bertz CT molecular complexity index is 699. The number of nitrogens with zero attached hydrogens (tertiary/aromatic N) is 3. The number of aliphatic carboxylic acids is 1. The minimum atomic E-state index is -1.08. The number of carboxylic acids is 1. The van der Waals surface area contributed by atoms with Crippen molar-refractivity contribution in [3.63, 3.8) is 0 Å². The normalized spacial score (nSPS) is 37.4. The van der Waals surface area contributed by atoms with Gasteiger partial charge >= 0.3 is 5.97 Å². The highest BCUT2D eigenvalue weighted by Gasteiger charge is 2.60. The van der Waals surface area contributed by atoms with Crippen LogP contribution in [-0.2, 0) is 9.59 Å². The number of guanidine groups is 1. The second-order valence-corrected chi connectivity index (χ2v) is 8.11. The Balaban J connectivity index is 1.86. The maximum Gasteiger partial charge on any atom is 0.352 e. The van der Waals surface area contributed by atoms with Gasteiger partial charge in [0.05, 0.1) is 31.7 Å². The van der Waals surface area contributed by atoms with Crippen LogP contribution in [0.5, 0.6) is 0 Å². The molecule has 6 atom stereocenters. The van der Waals surface area contributed by atoms with E-state index in [1.54, 1.807) is 6.92 Å². The number of carbonyl (C=O) groups is 2. The number of likely N-dealkylation sites (N-methyl/N-ethyl adjacent to an activating group) is 1. The van der Waals surface area contributed by atoms with Gasteiger partial charge in [0.1, 0.15) is 24.8 Å². The number of aliphatic hydroxyl groups is 1. The molecule has 6 N–H and O–H groups in total. The lowest BCUT2D eigenvalue weighted by atomic mass is 9.77. The number of carbonyl (C=O) groups excluding carboxylic acids is 1. The molecule has 2 fully saturated rings. The molecule has 6 unspecified atom stereocenters. The minimum Gasteiger partial charge on any atom is -0.477 e. The van der Waals surface area contributed by atoms with Crippen molar-refractivity contribution in [1.82, 2.24) is 4.90 Å². The number of nitrogens with two attached hydrogens (primary N) is 2. The van der Waals surface area contributed by atoms with Crippen LogP contribution in [0, 0.1) is 11.8 Å². The van der Waals surface area contributed by atoms with E-state index in [1.807, 2.05) is 6.92 Å². The molecule has 0 aliphatic carbocycles. The van der Waals surface area contributed by atoms with Crippen LogP contribution in [0.1, 0.15) is 20.3 Å². The number of β-lactam (4-membered cyclic amide) rings is 1. The standard InChI is InChI=1S/C17H27N5O4/c1-8-11(7-22(3)5-4-10(6-22)20-17(18)19)14(16(25)26)21-13(8)12(9(2)23)15(21)24/h8-10,12-13,23H,4-7H2,1-3H3,(H4-,18,19,20,25,26)/p+1. The highest BCUT2D eigenvalue weighted by molar-refractivity contribution is 6.00. The molecule has 3 heterocycles. The van der Waals surface area contributed by atoms with Crippen LogP contribution in [-0.4, -0.2) is 82.3 Å². The first-order chi connectivity index (χ1) is 12.1. The van der Waals surface area contributed by atoms with Crippen molar-refractivity contribution >= 4 is 17.8 Å². The van der Waals surface area contributed by atoms with Gasteiger partial charge in [0, 0.05) is 17.9 Å². The predicted molar refractivity (Wildman–Crippen MR) is 94.6 cm³/mol. The molecule has 3 aliphatic rings. The molecular formula is C17H28N5O4+. The summed E-state index contributed by atoms with van der Waals surface area (Å²) in [4.78, 5) is 29.9. The van der Waals surface area contributed by atoms with Gasteiger partial charge < -0.3 is 31.1 Å². The summed E-state index contributed by atoms with van der Waals surface area (Å²) >= 11 is 0. The quantitative estimate of drug-likeness (QED) is 0.206. The molecule has 0 aromatic heterocycles. The Hall–Kier alpha value is -2.13. The smallest absolute Gasteiger partial charge is 0.352 e. The van der Waals surface area contributed by atoms with Gasteiger partial charge in [-0.1, -0.05) is 6.92 Å². The van der Waals surface area contributed by atoms with Crippen LogP contribution in [0.25, 0.3) is 0 Å². The molecule has 0 aromatic rings. The second-order valence-electron chi connectivity index (χ2n) is 8.11. The zero-order valence-electron chi connectivity index (χ0n) is 15.4. The monoisotopic (exact) mass is 366 g/mol. The number of amides is 1. The Morgan fingerprint density at radius 3 is 2.65 bits per heavy atom. The maximum atomic E-state index is 12.4. The lowest BCUT2D eigenvalue weighted by molar-refractivity contribution is -0.893. The Kier molecular flexibility index (Phi) is 4.48. The summed E-state index contributed by atoms with van der Waals surface area (Å²) in [6, 6.07) is -0.245. The molecule has 9 heteroatoms. The third-order valence-electron chi connectivity index (χ3n) is 6.06. The van der Waals surface area contributed by atoms with E-state index >= 15 is 0 Å². The molecule has 26 heavy (non-hydrogen) atoms. The predicted octanol–water partition coefficient (Wildman–Crippen LogP) is -1.33. The molecule has 0 spiro atoms. The molecule has 3 aliphatic heterocycles. The van der Waals surface area contributed by atoms with Crippen molar-refractivity contribution < 1.29 is 24.3 Å². The molecule has 1 amide bonds. The van der Waals surface area contributed by atoms with E-state index in [-0.39, 0.29) is 35.6 Å². The second kappa shape index (κ2) is 6.24. The number of aliphatic hydroxyl groups excluding tert-OH is 1. The van der Waals surface area contributed by atoms with Crippen molar-refractivity contribution in [1.29, 1.82) is 0 Å². The Morgan fingerprint density at radius 2 is 2.12 bits per heavy atom. The first-order valence-electron chi connectivity index (χ1n) is 8.95. The van der Waals surface area contributed by atoms with Crippen molar-refractivity contribution in [3.8, 4) is 0 Å². The summed E-state index contributed by atoms with van der Waals surface area (Å²) in [5.41, 5.74) is 11.8. The lowest BCUT2D eigenvalue weighted by Crippen LogP contribution is -2.63. The molecule has 0 radical (unpaired) electrons. The van der Waals surface area contributed by atoms with Gasteiger partial charge in [0.15, 0.2) is 5.96 Å². The van der Waals surface area contributed by atoms with Crippen LogP contribution in [0.3, 0.4) is 0 Å². The summed E-state index contributed by atoms with van der Waals surface area (Å²) in [5.74, 6) is -1.95. The van der Waals surface area contributed by atoms with Gasteiger partial charge in [-0.25, -0.2) is 9.79 Å². The minimum absolute atomic E-state index is 0.0273. The zero-order valence-corrected chi connectivity index (χ0v) is 15.4. The molecule has 0 saturated carbocycles. The Morgan fingerprint density at radius 1 is 1.46 bits per heavy atom. The van der Waals surface area contributed by atoms with Gasteiger partial charge in [0.25, 0.3) is 0 Å². The van der Waals surface area contributed by atoms with E-state index in [4.69, 9.17) is 11.5 Å². The number of fused-ring (bicyclic) bond motifs is 1. The molecular weight excluding hydrogens is 338 g/mol. The highest BCUT2D eigenvalue weighted by Crippen LogP contribution is 2.47. The van der Waals surface area contributed by atoms with Gasteiger partial charge in [-0.15, -0.1) is 0 Å². The lowest BCUT2D eigenvalue weighted by Gasteiger charge is -2.46. The van der Waals surface area contributed by atoms with Gasteiger partial charge in [-0.05, 0) is 6.92 Å². The van der Waals surface area contributed by atoms with E-state index in [0.717, 1.165) is 25.1 Å². The molecule has 0 bridgehead atoms. The van der Waals surface area contributed by atoms with Gasteiger partial charge in [0.2, 0.25) is 5.91 Å². The van der Waals surface area contributed by atoms with Gasteiger partial charge in [-0.3, -0.25) is 4.79 Å². The number of hydrogen-bond acceptors (Lipinski definition) is 4. The SMILES string of the molecule is CC(O)C1C(=O)N2C(C(=O)O)=C(C[N+]3(C)CCC(N=C(N)N)C3)C(C)C12. The van der Waals surface area contributed by atoms with Crippen molar-refractivity contribution in [2.24, 2.45) is 28.3 Å². The molecule has 3 rings (SSSR count). The summed E-state index contributed by atoms with van der Waals surface area (Å²) in [7, 11) is 2.06. The van der Waals surface area contributed by atoms with Crippen LogP contribution in [0.2, 0.25) is 0 Å². The summed E-state index contributed by atoms with van der Waals surface area (Å²) in [6.45, 7) is 5.62. The summed E-state index contributed by atoms with van der Waals surface area (Å²) in [6.07, 6.45) is 0.0456. The number of rotatable bonds is 5. The van der Waals surface area contributed by atoms with Crippen LogP contribution >= 0.6 is 0 Å². The fourth-order valence-electron chi connectivity index (χ4n) is 4.88. The average molecular weight is 366 g/mol. The molecule has 2 saturated heterocycles. The number of carboxylic acid groups (broad SMARTS) is 1. The van der Waals surface area contributed by atoms with Gasteiger partial charge in [-0.2, -0.15) is 0 Å². The fourth-order valence-corrected chi connectivity index (χ4v) is 4.88. The van der Waals surface area contributed by atoms with Crippen molar-refractivity contribution in [2.75, 3.05) is 26.7 Å². The largest absolute Gasteiger partial charge is 0.477 e. The number of quaternary nitrogens is 1. The molecule has 0 aromatic carbocycles. The average Bonchev–Trinajstić information content (AvgIpc) is 2.96. The molecule has 144 valence electrons. The maximum absolute atomic E-state index is 12.4. The third kappa shape index (κ3) is 2.84. The van der Waals surface area contributed by atoms with Crippen LogP contribution in [0.15, 0.2) is 16.3 Å². The van der Waals surface area contributed by atoms with Crippen LogP contribution < -0.4 is 11.5 Å². The number of hydrogen-bond donors (Lipinski definition) is 4. The first-order valence-corrected chi connectivity index (χ1v) is 8.95. The van der Waals surface area contributed by atoms with E-state index in [2.05, 4.69) is 12.0 Å².